The SMILES string of the molecule is Cc1ccc(NC(=S)N(CCCN2CCOCC2)Cc2cn(C)c3ccccc23)cc1. The first kappa shape index (κ1) is 21.8. The number of hydrogen-bond acceptors (Lipinski definition) is 3. The predicted octanol–water partition coefficient (Wildman–Crippen LogP) is 4.41. The van der Waals surface area contributed by atoms with Crippen LogP contribution in [0.5, 0.6) is 0 Å². The summed E-state index contributed by atoms with van der Waals surface area (Å²) in [6, 6.07) is 17.0. The molecule has 0 amide bonds. The standard InChI is InChI=1S/C25H32N4OS/c1-20-8-10-22(11-9-20)26-25(31)29(13-5-12-28-14-16-30-17-15-28)19-21-18-27(2)24-7-4-3-6-23(21)24/h3-4,6-11,18H,5,12-17,19H2,1-2H3,(H,26,31). The molecule has 5 nitrogen and oxygen atoms in total. The number of hydrogen-bond donors (Lipinski definition) is 1. The summed E-state index contributed by atoms with van der Waals surface area (Å²) in [7, 11) is 2.11. The molecule has 3 aromatic rings. The topological polar surface area (TPSA) is 32.7 Å². The van der Waals surface area contributed by atoms with E-state index in [1.165, 1.54) is 22.0 Å². The van der Waals surface area contributed by atoms with Gasteiger partial charge in [-0.3, -0.25) is 4.90 Å². The second kappa shape index (κ2) is 10.3. The molecule has 0 spiro atoms. The fourth-order valence-corrected chi connectivity index (χ4v) is 4.43. The van der Waals surface area contributed by atoms with E-state index < -0.39 is 0 Å². The molecule has 31 heavy (non-hydrogen) atoms. The average molecular weight is 437 g/mol. The van der Waals surface area contributed by atoms with Crippen molar-refractivity contribution in [3.05, 3.63) is 65.9 Å². The molecule has 6 heteroatoms. The van der Waals surface area contributed by atoms with Gasteiger partial charge in [0.2, 0.25) is 0 Å². The minimum atomic E-state index is 0.777. The van der Waals surface area contributed by atoms with Crippen LogP contribution in [0.1, 0.15) is 17.5 Å². The Morgan fingerprint density at radius 3 is 2.61 bits per heavy atom. The van der Waals surface area contributed by atoms with Crippen molar-refractivity contribution < 1.29 is 4.74 Å². The predicted molar refractivity (Wildman–Crippen MR) is 133 cm³/mol. The second-order valence-electron chi connectivity index (χ2n) is 8.31. The lowest BCUT2D eigenvalue weighted by atomic mass is 10.1. The fourth-order valence-electron chi connectivity index (χ4n) is 4.16. The van der Waals surface area contributed by atoms with Gasteiger partial charge in [0.1, 0.15) is 0 Å². The number of aryl methyl sites for hydroxylation is 2. The van der Waals surface area contributed by atoms with E-state index >= 15 is 0 Å². The molecule has 1 saturated heterocycles. The number of fused-ring (bicyclic) bond motifs is 1. The highest BCUT2D eigenvalue weighted by atomic mass is 32.1. The van der Waals surface area contributed by atoms with Gasteiger partial charge in [-0.1, -0.05) is 35.9 Å². The Morgan fingerprint density at radius 1 is 1.10 bits per heavy atom. The van der Waals surface area contributed by atoms with Gasteiger partial charge in [-0.05, 0) is 49.3 Å². The normalized spacial score (nSPS) is 14.6. The summed E-state index contributed by atoms with van der Waals surface area (Å²) in [4.78, 5) is 4.79. The lowest BCUT2D eigenvalue weighted by molar-refractivity contribution is 0.0368. The van der Waals surface area contributed by atoms with E-state index in [2.05, 4.69) is 88.4 Å². The zero-order chi connectivity index (χ0) is 21.6. The lowest BCUT2D eigenvalue weighted by Crippen LogP contribution is -2.40. The number of rotatable bonds is 7. The third-order valence-corrected chi connectivity index (χ3v) is 6.30. The van der Waals surface area contributed by atoms with Gasteiger partial charge in [0.05, 0.1) is 13.2 Å². The van der Waals surface area contributed by atoms with Crippen molar-refractivity contribution in [2.45, 2.75) is 19.9 Å². The van der Waals surface area contributed by atoms with Crippen LogP contribution in [-0.2, 0) is 18.3 Å². The van der Waals surface area contributed by atoms with Crippen molar-refractivity contribution in [2.75, 3.05) is 44.7 Å². The summed E-state index contributed by atoms with van der Waals surface area (Å²) in [5.41, 5.74) is 4.84. The van der Waals surface area contributed by atoms with Crippen LogP contribution in [0.15, 0.2) is 54.7 Å². The molecule has 1 fully saturated rings. The smallest absolute Gasteiger partial charge is 0.173 e. The number of benzene rings is 2. The van der Waals surface area contributed by atoms with Gasteiger partial charge in [-0.25, -0.2) is 0 Å². The summed E-state index contributed by atoms with van der Waals surface area (Å²) in [6.45, 7) is 8.61. The molecule has 1 aromatic heterocycles. The molecule has 0 saturated carbocycles. The summed E-state index contributed by atoms with van der Waals surface area (Å²) < 4.78 is 7.68. The number of anilines is 1. The molecular weight excluding hydrogens is 404 g/mol. The largest absolute Gasteiger partial charge is 0.379 e. The minimum Gasteiger partial charge on any atom is -0.379 e. The van der Waals surface area contributed by atoms with Crippen LogP contribution in [0.3, 0.4) is 0 Å². The number of ether oxygens (including phenoxy) is 1. The van der Waals surface area contributed by atoms with E-state index in [9.17, 15) is 0 Å². The summed E-state index contributed by atoms with van der Waals surface area (Å²) >= 11 is 5.86. The van der Waals surface area contributed by atoms with Crippen LogP contribution in [-0.4, -0.2) is 58.9 Å². The molecule has 2 aromatic carbocycles. The van der Waals surface area contributed by atoms with Gasteiger partial charge < -0.3 is 19.5 Å². The first-order valence-corrected chi connectivity index (χ1v) is 11.5. The number of aromatic nitrogens is 1. The maximum Gasteiger partial charge on any atom is 0.173 e. The lowest BCUT2D eigenvalue weighted by Gasteiger charge is -2.29. The highest BCUT2D eigenvalue weighted by Gasteiger charge is 2.16. The summed E-state index contributed by atoms with van der Waals surface area (Å²) in [5.74, 6) is 0. The maximum absolute atomic E-state index is 5.86. The first-order chi connectivity index (χ1) is 15.1. The molecule has 4 rings (SSSR count). The third-order valence-electron chi connectivity index (χ3n) is 5.94. The van der Waals surface area contributed by atoms with E-state index in [1.54, 1.807) is 0 Å². The van der Waals surface area contributed by atoms with Crippen molar-refractivity contribution in [2.24, 2.45) is 7.05 Å². The molecule has 0 bridgehead atoms. The van der Waals surface area contributed by atoms with Crippen LogP contribution in [0, 0.1) is 6.92 Å². The van der Waals surface area contributed by atoms with Crippen molar-refractivity contribution in [1.29, 1.82) is 0 Å². The molecule has 1 aliphatic rings. The van der Waals surface area contributed by atoms with Crippen molar-refractivity contribution >= 4 is 33.9 Å². The van der Waals surface area contributed by atoms with Crippen LogP contribution in [0.4, 0.5) is 5.69 Å². The van der Waals surface area contributed by atoms with E-state index in [1.807, 2.05) is 0 Å². The van der Waals surface area contributed by atoms with Crippen LogP contribution < -0.4 is 5.32 Å². The summed E-state index contributed by atoms with van der Waals surface area (Å²) in [5, 5.41) is 5.52. The molecule has 1 aliphatic heterocycles. The Labute approximate surface area is 190 Å². The van der Waals surface area contributed by atoms with Crippen molar-refractivity contribution in [3.8, 4) is 0 Å². The van der Waals surface area contributed by atoms with Crippen molar-refractivity contribution in [3.63, 3.8) is 0 Å². The van der Waals surface area contributed by atoms with Crippen LogP contribution in [0.2, 0.25) is 0 Å². The minimum absolute atomic E-state index is 0.777. The Bertz CT molecular complexity index is 1010. The molecule has 1 N–H and O–H groups in total. The first-order valence-electron chi connectivity index (χ1n) is 11.1. The number of nitrogens with one attached hydrogen (secondary N) is 1. The zero-order valence-corrected chi connectivity index (χ0v) is 19.3. The maximum atomic E-state index is 5.86. The monoisotopic (exact) mass is 436 g/mol. The Hall–Kier alpha value is -2.41. The van der Waals surface area contributed by atoms with Gasteiger partial charge in [0.15, 0.2) is 5.11 Å². The van der Waals surface area contributed by atoms with Gasteiger partial charge in [-0.15, -0.1) is 0 Å². The quantitative estimate of drug-likeness (QED) is 0.555. The van der Waals surface area contributed by atoms with Crippen LogP contribution >= 0.6 is 12.2 Å². The number of thiocarbonyl (C=S) groups is 1. The third kappa shape index (κ3) is 5.64. The van der Waals surface area contributed by atoms with E-state index in [0.29, 0.717) is 0 Å². The van der Waals surface area contributed by atoms with E-state index in [0.717, 1.165) is 63.2 Å². The summed E-state index contributed by atoms with van der Waals surface area (Å²) in [6.07, 6.45) is 3.30. The van der Waals surface area contributed by atoms with Gasteiger partial charge in [0.25, 0.3) is 0 Å². The Morgan fingerprint density at radius 2 is 1.84 bits per heavy atom. The highest BCUT2D eigenvalue weighted by molar-refractivity contribution is 7.80. The van der Waals surface area contributed by atoms with Gasteiger partial charge in [0, 0.05) is 62.6 Å². The molecule has 0 aliphatic carbocycles. The molecule has 0 atom stereocenters. The van der Waals surface area contributed by atoms with Gasteiger partial charge in [-0.2, -0.15) is 0 Å². The second-order valence-corrected chi connectivity index (χ2v) is 8.69. The highest BCUT2D eigenvalue weighted by Crippen LogP contribution is 2.22. The molecule has 0 unspecified atom stereocenters. The fraction of sp³-hybridized carbons (Fsp3) is 0.400. The van der Waals surface area contributed by atoms with Gasteiger partial charge >= 0.3 is 0 Å². The molecular formula is C25H32N4OS. The molecule has 0 radical (unpaired) electrons. The van der Waals surface area contributed by atoms with Crippen LogP contribution in [0.25, 0.3) is 10.9 Å². The number of nitrogens with zero attached hydrogens (tertiary/aromatic N) is 3. The Kier molecular flexibility index (Phi) is 7.22. The Balaban J connectivity index is 1.47. The molecule has 2 heterocycles. The zero-order valence-electron chi connectivity index (χ0n) is 18.5. The number of para-hydroxylation sites is 1. The van der Waals surface area contributed by atoms with Crippen molar-refractivity contribution in [1.82, 2.24) is 14.4 Å². The molecule has 164 valence electrons. The number of morpholine rings is 1. The van der Waals surface area contributed by atoms with E-state index in [4.69, 9.17) is 17.0 Å². The van der Waals surface area contributed by atoms with E-state index in [-0.39, 0.29) is 0 Å². The average Bonchev–Trinajstić information content (AvgIpc) is 3.11.